The Morgan fingerprint density at radius 1 is 1.27 bits per heavy atom. The first-order valence-electron chi connectivity index (χ1n) is 9.55. The van der Waals surface area contributed by atoms with Crippen LogP contribution in [-0.2, 0) is 4.79 Å². The van der Waals surface area contributed by atoms with E-state index in [0.717, 1.165) is 38.5 Å². The Balaban J connectivity index is 1.66. The first-order chi connectivity index (χ1) is 12.5. The molecule has 0 bridgehead atoms. The average molecular weight is 360 g/mol. The van der Waals surface area contributed by atoms with Crippen molar-refractivity contribution in [2.24, 2.45) is 0 Å². The maximum atomic E-state index is 11.7. The van der Waals surface area contributed by atoms with E-state index in [-0.39, 0.29) is 5.91 Å². The SMILES string of the molecule is C=CCNC(=O)CN1CCN(CCOc2ccc(C(C)C)c(C)c2)CC1. The minimum atomic E-state index is 0.0712. The molecule has 26 heavy (non-hydrogen) atoms. The highest BCUT2D eigenvalue weighted by Crippen LogP contribution is 2.23. The van der Waals surface area contributed by atoms with Crippen LogP contribution in [0.15, 0.2) is 30.9 Å². The van der Waals surface area contributed by atoms with Crippen molar-refractivity contribution in [1.29, 1.82) is 0 Å². The van der Waals surface area contributed by atoms with Crippen molar-refractivity contribution in [1.82, 2.24) is 15.1 Å². The van der Waals surface area contributed by atoms with E-state index >= 15 is 0 Å². The van der Waals surface area contributed by atoms with Crippen molar-refractivity contribution in [3.63, 3.8) is 0 Å². The van der Waals surface area contributed by atoms with Crippen molar-refractivity contribution in [2.75, 3.05) is 52.4 Å². The Morgan fingerprint density at radius 3 is 2.58 bits per heavy atom. The van der Waals surface area contributed by atoms with E-state index in [2.05, 4.69) is 60.7 Å². The third-order valence-corrected chi connectivity index (χ3v) is 4.82. The second-order valence-electron chi connectivity index (χ2n) is 7.23. The summed E-state index contributed by atoms with van der Waals surface area (Å²) in [4.78, 5) is 16.3. The fourth-order valence-electron chi connectivity index (χ4n) is 3.29. The van der Waals surface area contributed by atoms with E-state index in [0.29, 0.717) is 25.6 Å². The fraction of sp³-hybridized carbons (Fsp3) is 0.571. The molecule has 0 atom stereocenters. The normalized spacial score (nSPS) is 15.8. The molecule has 1 aromatic rings. The van der Waals surface area contributed by atoms with Gasteiger partial charge < -0.3 is 10.1 Å². The van der Waals surface area contributed by atoms with Crippen molar-refractivity contribution in [3.05, 3.63) is 42.0 Å². The summed E-state index contributed by atoms with van der Waals surface area (Å²) in [7, 11) is 0. The highest BCUT2D eigenvalue weighted by Gasteiger charge is 2.18. The number of carbonyl (C=O) groups excluding carboxylic acids is 1. The van der Waals surface area contributed by atoms with Crippen LogP contribution >= 0.6 is 0 Å². The van der Waals surface area contributed by atoms with E-state index in [1.54, 1.807) is 6.08 Å². The van der Waals surface area contributed by atoms with Crippen LogP contribution in [-0.4, -0.2) is 68.1 Å². The molecule has 0 radical (unpaired) electrons. The average Bonchev–Trinajstić information content (AvgIpc) is 2.61. The lowest BCUT2D eigenvalue weighted by Crippen LogP contribution is -2.50. The number of nitrogens with one attached hydrogen (secondary N) is 1. The van der Waals surface area contributed by atoms with Gasteiger partial charge in [0.1, 0.15) is 12.4 Å². The van der Waals surface area contributed by atoms with Gasteiger partial charge in [-0.25, -0.2) is 0 Å². The topological polar surface area (TPSA) is 44.8 Å². The van der Waals surface area contributed by atoms with Crippen LogP contribution in [0.5, 0.6) is 5.75 Å². The number of aryl methyl sites for hydroxylation is 1. The standard InChI is InChI=1S/C21H33N3O2/c1-5-8-22-21(25)16-24-11-9-23(10-12-24)13-14-26-19-6-7-20(17(2)3)18(4)15-19/h5-7,15,17H,1,8-14,16H2,2-4H3,(H,22,25). The Kier molecular flexibility index (Phi) is 8.13. The lowest BCUT2D eigenvalue weighted by molar-refractivity contribution is -0.122. The van der Waals surface area contributed by atoms with Gasteiger partial charge in [0.05, 0.1) is 6.54 Å². The van der Waals surface area contributed by atoms with E-state index < -0.39 is 0 Å². The zero-order chi connectivity index (χ0) is 18.9. The van der Waals surface area contributed by atoms with Gasteiger partial charge in [-0.3, -0.25) is 14.6 Å². The van der Waals surface area contributed by atoms with E-state index in [9.17, 15) is 4.79 Å². The maximum Gasteiger partial charge on any atom is 0.234 e. The number of ether oxygens (including phenoxy) is 1. The van der Waals surface area contributed by atoms with Crippen molar-refractivity contribution < 1.29 is 9.53 Å². The molecule has 1 saturated heterocycles. The van der Waals surface area contributed by atoms with Gasteiger partial charge in [-0.15, -0.1) is 6.58 Å². The molecule has 0 aliphatic carbocycles. The molecule has 5 heteroatoms. The van der Waals surface area contributed by atoms with Crippen LogP contribution in [0.1, 0.15) is 30.9 Å². The zero-order valence-corrected chi connectivity index (χ0v) is 16.5. The van der Waals surface area contributed by atoms with Crippen LogP contribution in [0.25, 0.3) is 0 Å². The Bertz CT molecular complexity index is 593. The number of nitrogens with zero attached hydrogens (tertiary/aromatic N) is 2. The van der Waals surface area contributed by atoms with Gasteiger partial charge in [-0.1, -0.05) is 26.0 Å². The largest absolute Gasteiger partial charge is 0.492 e. The predicted molar refractivity (Wildman–Crippen MR) is 107 cm³/mol. The summed E-state index contributed by atoms with van der Waals surface area (Å²) < 4.78 is 5.93. The van der Waals surface area contributed by atoms with Gasteiger partial charge in [-0.05, 0) is 36.1 Å². The molecule has 5 nitrogen and oxygen atoms in total. The van der Waals surface area contributed by atoms with Crippen molar-refractivity contribution in [3.8, 4) is 5.75 Å². The molecular weight excluding hydrogens is 326 g/mol. The van der Waals surface area contributed by atoms with Gasteiger partial charge in [0.15, 0.2) is 0 Å². The zero-order valence-electron chi connectivity index (χ0n) is 16.5. The second-order valence-corrected chi connectivity index (χ2v) is 7.23. The van der Waals surface area contributed by atoms with Crippen LogP contribution in [0, 0.1) is 6.92 Å². The van der Waals surface area contributed by atoms with E-state index in [1.165, 1.54) is 11.1 Å². The van der Waals surface area contributed by atoms with Crippen LogP contribution in [0.2, 0.25) is 0 Å². The number of benzene rings is 1. The highest BCUT2D eigenvalue weighted by atomic mass is 16.5. The molecule has 0 spiro atoms. The molecule has 0 aromatic heterocycles. The van der Waals surface area contributed by atoms with Gasteiger partial charge in [-0.2, -0.15) is 0 Å². The lowest BCUT2D eigenvalue weighted by atomic mass is 9.98. The minimum Gasteiger partial charge on any atom is -0.492 e. The number of hydrogen-bond donors (Lipinski definition) is 1. The van der Waals surface area contributed by atoms with Crippen molar-refractivity contribution in [2.45, 2.75) is 26.7 Å². The van der Waals surface area contributed by atoms with Gasteiger partial charge in [0, 0.05) is 39.3 Å². The van der Waals surface area contributed by atoms with Crippen LogP contribution in [0.3, 0.4) is 0 Å². The summed E-state index contributed by atoms with van der Waals surface area (Å²) in [5, 5.41) is 2.83. The number of carbonyl (C=O) groups is 1. The molecule has 0 saturated carbocycles. The third-order valence-electron chi connectivity index (χ3n) is 4.82. The smallest absolute Gasteiger partial charge is 0.234 e. The maximum absolute atomic E-state index is 11.7. The lowest BCUT2D eigenvalue weighted by Gasteiger charge is -2.34. The first kappa shape index (κ1) is 20.5. The summed E-state index contributed by atoms with van der Waals surface area (Å²) in [5.74, 6) is 1.56. The number of rotatable bonds is 9. The first-order valence-corrected chi connectivity index (χ1v) is 9.55. The van der Waals surface area contributed by atoms with Crippen LogP contribution in [0.4, 0.5) is 0 Å². The molecule has 1 N–H and O–H groups in total. The van der Waals surface area contributed by atoms with Gasteiger partial charge in [0.25, 0.3) is 0 Å². The predicted octanol–water partition coefficient (Wildman–Crippen LogP) is 2.42. The molecule has 1 aliphatic heterocycles. The summed E-state index contributed by atoms with van der Waals surface area (Å²) in [5.41, 5.74) is 2.67. The number of piperazine rings is 1. The molecule has 0 unspecified atom stereocenters. The molecule has 144 valence electrons. The molecule has 1 aromatic carbocycles. The van der Waals surface area contributed by atoms with E-state index in [1.807, 2.05) is 0 Å². The Labute approximate surface area is 158 Å². The molecular formula is C21H33N3O2. The van der Waals surface area contributed by atoms with Gasteiger partial charge in [0.2, 0.25) is 5.91 Å². The summed E-state index contributed by atoms with van der Waals surface area (Å²) >= 11 is 0. The highest BCUT2D eigenvalue weighted by molar-refractivity contribution is 5.78. The Morgan fingerprint density at radius 2 is 1.96 bits per heavy atom. The monoisotopic (exact) mass is 359 g/mol. The second kappa shape index (κ2) is 10.3. The summed E-state index contributed by atoms with van der Waals surface area (Å²) in [6.07, 6.45) is 1.70. The van der Waals surface area contributed by atoms with Crippen molar-refractivity contribution >= 4 is 5.91 Å². The van der Waals surface area contributed by atoms with E-state index in [4.69, 9.17) is 4.74 Å². The molecule has 1 fully saturated rings. The summed E-state index contributed by atoms with van der Waals surface area (Å²) in [6.45, 7) is 16.6. The van der Waals surface area contributed by atoms with Gasteiger partial charge >= 0.3 is 0 Å². The number of amides is 1. The molecule has 2 rings (SSSR count). The fourth-order valence-corrected chi connectivity index (χ4v) is 3.29. The molecule has 1 heterocycles. The Hall–Kier alpha value is -1.85. The number of hydrogen-bond acceptors (Lipinski definition) is 4. The quantitative estimate of drug-likeness (QED) is 0.688. The van der Waals surface area contributed by atoms with Crippen LogP contribution < -0.4 is 10.1 Å². The third kappa shape index (κ3) is 6.46. The summed E-state index contributed by atoms with van der Waals surface area (Å²) in [6, 6.07) is 6.38. The molecule has 1 aliphatic rings. The minimum absolute atomic E-state index is 0.0712. The molecule has 1 amide bonds.